The second-order valence-electron chi connectivity index (χ2n) is 6.24. The van der Waals surface area contributed by atoms with Crippen LogP contribution in [-0.2, 0) is 0 Å². The second kappa shape index (κ2) is 5.74. The van der Waals surface area contributed by atoms with E-state index in [1.807, 2.05) is 26.0 Å². The number of methoxy groups -OCH3 is 1. The molecular weight excluding hydrogens is 238 g/mol. The van der Waals surface area contributed by atoms with Crippen LogP contribution in [0.25, 0.3) is 0 Å². The monoisotopic (exact) mass is 263 g/mol. The first-order valence-corrected chi connectivity index (χ1v) is 6.61. The van der Waals surface area contributed by atoms with Crippen LogP contribution in [0.1, 0.15) is 48.7 Å². The van der Waals surface area contributed by atoms with E-state index in [0.717, 1.165) is 22.4 Å². The van der Waals surface area contributed by atoms with Gasteiger partial charge in [-0.1, -0.05) is 20.8 Å². The molecule has 0 aliphatic rings. The van der Waals surface area contributed by atoms with Crippen molar-refractivity contribution >= 4 is 5.78 Å². The topological polar surface area (TPSA) is 52.3 Å². The third kappa shape index (κ3) is 3.80. The van der Waals surface area contributed by atoms with Gasteiger partial charge in [-0.3, -0.25) is 4.79 Å². The van der Waals surface area contributed by atoms with Crippen molar-refractivity contribution in [2.24, 2.45) is 11.1 Å². The number of carbonyl (C=O) groups is 1. The number of ketones is 1. The molecule has 0 radical (unpaired) electrons. The highest BCUT2D eigenvalue weighted by Gasteiger charge is 2.24. The molecule has 19 heavy (non-hydrogen) atoms. The maximum Gasteiger partial charge on any atom is 0.164 e. The molecule has 0 saturated heterocycles. The Labute approximate surface area is 116 Å². The Bertz CT molecular complexity index is 472. The van der Waals surface area contributed by atoms with Crippen molar-refractivity contribution in [2.75, 3.05) is 7.11 Å². The van der Waals surface area contributed by atoms with Gasteiger partial charge in [-0.25, -0.2) is 0 Å². The normalized spacial score (nSPS) is 13.2. The van der Waals surface area contributed by atoms with Gasteiger partial charge >= 0.3 is 0 Å². The van der Waals surface area contributed by atoms with Gasteiger partial charge in [-0.2, -0.15) is 0 Å². The number of nitrogens with two attached hydrogens (primary N) is 1. The van der Waals surface area contributed by atoms with Crippen LogP contribution in [0.3, 0.4) is 0 Å². The lowest BCUT2D eigenvalue weighted by molar-refractivity contribution is 0.0952. The lowest BCUT2D eigenvalue weighted by Gasteiger charge is -2.26. The molecule has 0 spiro atoms. The Morgan fingerprint density at radius 1 is 1.26 bits per heavy atom. The zero-order chi connectivity index (χ0) is 14.8. The highest BCUT2D eigenvalue weighted by Crippen LogP contribution is 2.26. The summed E-state index contributed by atoms with van der Waals surface area (Å²) in [5, 5.41) is 0. The number of ether oxygens (including phenoxy) is 1. The van der Waals surface area contributed by atoms with E-state index in [-0.39, 0.29) is 17.2 Å². The zero-order valence-corrected chi connectivity index (χ0v) is 12.8. The summed E-state index contributed by atoms with van der Waals surface area (Å²) in [6, 6.07) is 3.67. The van der Waals surface area contributed by atoms with Gasteiger partial charge in [-0.15, -0.1) is 0 Å². The minimum atomic E-state index is -0.137. The Kier molecular flexibility index (Phi) is 4.75. The van der Waals surface area contributed by atoms with Gasteiger partial charge in [-0.05, 0) is 42.5 Å². The molecule has 3 heteroatoms. The van der Waals surface area contributed by atoms with Gasteiger partial charge in [0.05, 0.1) is 7.11 Å². The fraction of sp³-hybridized carbons (Fsp3) is 0.562. The van der Waals surface area contributed by atoms with Crippen LogP contribution < -0.4 is 10.5 Å². The minimum absolute atomic E-state index is 0.0644. The predicted octanol–water partition coefficient (Wildman–Crippen LogP) is 3.26. The molecule has 0 bridgehead atoms. The molecule has 0 aliphatic heterocycles. The van der Waals surface area contributed by atoms with E-state index in [0.29, 0.717) is 6.42 Å². The van der Waals surface area contributed by atoms with E-state index in [9.17, 15) is 4.79 Å². The molecule has 0 amide bonds. The van der Waals surface area contributed by atoms with E-state index in [1.54, 1.807) is 7.11 Å². The molecule has 1 atom stereocenters. The average Bonchev–Trinajstić information content (AvgIpc) is 2.30. The van der Waals surface area contributed by atoms with E-state index in [2.05, 4.69) is 20.8 Å². The molecule has 0 heterocycles. The standard InChI is InChI=1S/C16H25NO2/c1-10-8-14(19-6)11(2)7-12(10)13(18)9-15(17)16(3,4)5/h7-8,15H,9,17H2,1-6H3. The van der Waals surface area contributed by atoms with Crippen molar-refractivity contribution < 1.29 is 9.53 Å². The summed E-state index contributed by atoms with van der Waals surface area (Å²) in [6.07, 6.45) is 0.371. The third-order valence-corrected chi connectivity index (χ3v) is 3.56. The molecule has 2 N–H and O–H groups in total. The maximum atomic E-state index is 12.4. The quantitative estimate of drug-likeness (QED) is 0.848. The number of hydrogen-bond donors (Lipinski definition) is 1. The van der Waals surface area contributed by atoms with E-state index in [4.69, 9.17) is 10.5 Å². The SMILES string of the molecule is COc1cc(C)c(C(=O)CC(N)C(C)(C)C)cc1C. The Morgan fingerprint density at radius 3 is 2.32 bits per heavy atom. The summed E-state index contributed by atoms with van der Waals surface area (Å²) in [5.41, 5.74) is 8.68. The number of hydrogen-bond acceptors (Lipinski definition) is 3. The van der Waals surface area contributed by atoms with Crippen LogP contribution in [0.2, 0.25) is 0 Å². The summed E-state index contributed by atoms with van der Waals surface area (Å²) < 4.78 is 5.26. The molecule has 1 aromatic carbocycles. The summed E-state index contributed by atoms with van der Waals surface area (Å²) in [4.78, 5) is 12.4. The average molecular weight is 263 g/mol. The van der Waals surface area contributed by atoms with Gasteiger partial charge in [0.1, 0.15) is 5.75 Å². The highest BCUT2D eigenvalue weighted by molar-refractivity contribution is 5.98. The fourth-order valence-electron chi connectivity index (χ4n) is 1.93. The number of Topliss-reactive ketones (excluding diaryl/α,β-unsaturated/α-hetero) is 1. The minimum Gasteiger partial charge on any atom is -0.496 e. The van der Waals surface area contributed by atoms with E-state index < -0.39 is 0 Å². The van der Waals surface area contributed by atoms with Crippen molar-refractivity contribution in [1.29, 1.82) is 0 Å². The van der Waals surface area contributed by atoms with Crippen LogP contribution in [0.15, 0.2) is 12.1 Å². The Balaban J connectivity index is 2.98. The molecular formula is C16H25NO2. The Morgan fingerprint density at radius 2 is 1.84 bits per heavy atom. The van der Waals surface area contributed by atoms with Gasteiger partial charge in [0, 0.05) is 18.0 Å². The largest absolute Gasteiger partial charge is 0.496 e. The van der Waals surface area contributed by atoms with Gasteiger partial charge in [0.15, 0.2) is 5.78 Å². The Hall–Kier alpha value is -1.35. The second-order valence-corrected chi connectivity index (χ2v) is 6.24. The molecule has 0 aromatic heterocycles. The van der Waals surface area contributed by atoms with E-state index >= 15 is 0 Å². The van der Waals surface area contributed by atoms with Gasteiger partial charge in [0.25, 0.3) is 0 Å². The van der Waals surface area contributed by atoms with Crippen LogP contribution in [0, 0.1) is 19.3 Å². The third-order valence-electron chi connectivity index (χ3n) is 3.56. The number of aryl methyl sites for hydroxylation is 2. The smallest absolute Gasteiger partial charge is 0.164 e. The number of rotatable bonds is 4. The van der Waals surface area contributed by atoms with Crippen molar-refractivity contribution in [3.63, 3.8) is 0 Å². The van der Waals surface area contributed by atoms with E-state index in [1.165, 1.54) is 0 Å². The van der Waals surface area contributed by atoms with Gasteiger partial charge < -0.3 is 10.5 Å². The lowest BCUT2D eigenvalue weighted by atomic mass is 9.83. The van der Waals surface area contributed by atoms with Crippen LogP contribution in [-0.4, -0.2) is 18.9 Å². The molecule has 3 nitrogen and oxygen atoms in total. The highest BCUT2D eigenvalue weighted by atomic mass is 16.5. The first-order chi connectivity index (χ1) is 8.66. The van der Waals surface area contributed by atoms with Crippen molar-refractivity contribution in [1.82, 2.24) is 0 Å². The summed E-state index contributed by atoms with van der Waals surface area (Å²) in [7, 11) is 1.64. The van der Waals surface area contributed by atoms with Gasteiger partial charge in [0.2, 0.25) is 0 Å². The predicted molar refractivity (Wildman–Crippen MR) is 78.8 cm³/mol. The first kappa shape index (κ1) is 15.7. The molecule has 106 valence electrons. The first-order valence-electron chi connectivity index (χ1n) is 6.61. The molecule has 1 aromatic rings. The van der Waals surface area contributed by atoms with Crippen LogP contribution in [0.5, 0.6) is 5.75 Å². The summed E-state index contributed by atoms with van der Waals surface area (Å²) >= 11 is 0. The van der Waals surface area contributed by atoms with Crippen LogP contribution >= 0.6 is 0 Å². The lowest BCUT2D eigenvalue weighted by Crippen LogP contribution is -2.37. The molecule has 1 unspecified atom stereocenters. The molecule has 0 fully saturated rings. The van der Waals surface area contributed by atoms with Crippen molar-refractivity contribution in [3.8, 4) is 5.75 Å². The fourth-order valence-corrected chi connectivity index (χ4v) is 1.93. The maximum absolute atomic E-state index is 12.4. The number of carbonyl (C=O) groups excluding carboxylic acids is 1. The van der Waals surface area contributed by atoms with Crippen LogP contribution in [0.4, 0.5) is 0 Å². The van der Waals surface area contributed by atoms with Crippen molar-refractivity contribution in [2.45, 2.75) is 47.1 Å². The zero-order valence-electron chi connectivity index (χ0n) is 12.8. The molecule has 0 saturated carbocycles. The van der Waals surface area contributed by atoms with Crippen molar-refractivity contribution in [3.05, 3.63) is 28.8 Å². The summed E-state index contributed by atoms with van der Waals surface area (Å²) in [5.74, 6) is 0.917. The summed E-state index contributed by atoms with van der Waals surface area (Å²) in [6.45, 7) is 10.0. The molecule has 0 aliphatic carbocycles. The molecule has 1 rings (SSSR count). The number of benzene rings is 1.